The Morgan fingerprint density at radius 2 is 1.67 bits per heavy atom. The van der Waals surface area contributed by atoms with Crippen LogP contribution >= 0.6 is 0 Å². The molecule has 0 bridgehead atoms. The first kappa shape index (κ1) is 13.0. The summed E-state index contributed by atoms with van der Waals surface area (Å²) in [5.74, 6) is 0.229. The van der Waals surface area contributed by atoms with Crippen LogP contribution in [0.15, 0.2) is 0 Å². The normalized spacial score (nSPS) is 21.9. The molecule has 1 aliphatic carbocycles. The van der Waals surface area contributed by atoms with Crippen LogP contribution in [-0.2, 0) is 9.84 Å². The van der Waals surface area contributed by atoms with Crippen LogP contribution < -0.4 is 5.73 Å². The van der Waals surface area contributed by atoms with Crippen LogP contribution in [-0.4, -0.2) is 24.5 Å². The monoisotopic (exact) mass is 233 g/mol. The molecular formula is C11H23NO2S. The van der Waals surface area contributed by atoms with Crippen molar-refractivity contribution in [3.05, 3.63) is 0 Å². The molecule has 3 nitrogen and oxygen atoms in total. The lowest BCUT2D eigenvalue weighted by atomic mass is 9.96. The molecule has 1 saturated carbocycles. The average Bonchev–Trinajstić information content (AvgIpc) is 2.48. The second-order valence-corrected chi connectivity index (χ2v) is 8.61. The lowest BCUT2D eigenvalue weighted by Crippen LogP contribution is -2.40. The largest absolute Gasteiger partial charge is 0.325 e. The molecule has 4 heteroatoms. The van der Waals surface area contributed by atoms with Crippen molar-refractivity contribution in [2.24, 2.45) is 5.73 Å². The summed E-state index contributed by atoms with van der Waals surface area (Å²) in [6, 6.07) is 0. The van der Waals surface area contributed by atoms with Gasteiger partial charge in [-0.15, -0.1) is 0 Å². The third-order valence-corrected chi connectivity index (χ3v) is 6.01. The summed E-state index contributed by atoms with van der Waals surface area (Å²) in [6.45, 7) is 5.25. The Balaban J connectivity index is 2.57. The van der Waals surface area contributed by atoms with E-state index in [-0.39, 0.29) is 11.3 Å². The zero-order chi connectivity index (χ0) is 11.7. The Kier molecular flexibility index (Phi) is 3.51. The first-order chi connectivity index (χ1) is 6.66. The van der Waals surface area contributed by atoms with E-state index in [4.69, 9.17) is 5.73 Å². The molecule has 0 unspecified atom stereocenters. The zero-order valence-electron chi connectivity index (χ0n) is 10.0. The highest BCUT2D eigenvalue weighted by Gasteiger charge is 2.34. The maximum Gasteiger partial charge on any atom is 0.155 e. The van der Waals surface area contributed by atoms with E-state index in [1.807, 2.05) is 0 Å². The van der Waals surface area contributed by atoms with Crippen molar-refractivity contribution in [2.45, 2.75) is 63.2 Å². The van der Waals surface area contributed by atoms with E-state index in [0.29, 0.717) is 6.42 Å². The molecule has 1 rings (SSSR count). The van der Waals surface area contributed by atoms with Gasteiger partial charge in [-0.05, 0) is 40.0 Å². The van der Waals surface area contributed by atoms with E-state index in [0.717, 1.165) is 25.7 Å². The Hall–Kier alpha value is -0.0900. The zero-order valence-corrected chi connectivity index (χ0v) is 10.9. The molecule has 1 aliphatic rings. The Morgan fingerprint density at radius 3 is 2.07 bits per heavy atom. The molecule has 0 atom stereocenters. The fourth-order valence-electron chi connectivity index (χ4n) is 1.97. The highest BCUT2D eigenvalue weighted by Crippen LogP contribution is 2.31. The molecule has 0 spiro atoms. The van der Waals surface area contributed by atoms with Gasteiger partial charge in [0.1, 0.15) is 0 Å². The van der Waals surface area contributed by atoms with Crippen LogP contribution in [0.5, 0.6) is 0 Å². The van der Waals surface area contributed by atoms with Crippen LogP contribution in [0.1, 0.15) is 52.9 Å². The highest BCUT2D eigenvalue weighted by atomic mass is 32.2. The first-order valence-electron chi connectivity index (χ1n) is 5.68. The fraction of sp³-hybridized carbons (Fsp3) is 1.00. The molecule has 0 radical (unpaired) electrons. The first-order valence-corrected chi connectivity index (χ1v) is 7.33. The van der Waals surface area contributed by atoms with Gasteiger partial charge in [0.15, 0.2) is 9.84 Å². The molecular weight excluding hydrogens is 210 g/mol. The van der Waals surface area contributed by atoms with Crippen molar-refractivity contribution >= 4 is 9.84 Å². The predicted molar refractivity (Wildman–Crippen MR) is 63.5 cm³/mol. The average molecular weight is 233 g/mol. The second kappa shape index (κ2) is 4.06. The van der Waals surface area contributed by atoms with Crippen molar-refractivity contribution in [1.82, 2.24) is 0 Å². The number of rotatable bonds is 3. The topological polar surface area (TPSA) is 60.2 Å². The summed E-state index contributed by atoms with van der Waals surface area (Å²) >= 11 is 0. The summed E-state index contributed by atoms with van der Waals surface area (Å²) in [5, 5.41) is 0. The molecule has 1 fully saturated rings. The van der Waals surface area contributed by atoms with E-state index in [1.54, 1.807) is 20.8 Å². The molecule has 2 N–H and O–H groups in total. The molecule has 90 valence electrons. The van der Waals surface area contributed by atoms with Crippen LogP contribution in [0, 0.1) is 0 Å². The lowest BCUT2D eigenvalue weighted by molar-refractivity contribution is 0.421. The van der Waals surface area contributed by atoms with Crippen LogP contribution in [0.25, 0.3) is 0 Å². The van der Waals surface area contributed by atoms with Gasteiger partial charge in [0.05, 0.1) is 10.5 Å². The molecule has 0 aromatic carbocycles. The SMILES string of the molecule is CC(C)(C)S(=O)(=O)CCC1(N)CCCC1. The molecule has 0 aromatic rings. The molecule has 0 aliphatic heterocycles. The standard InChI is InChI=1S/C11H23NO2S/c1-10(2,3)15(13,14)9-8-11(12)6-4-5-7-11/h4-9,12H2,1-3H3. The Labute approximate surface area is 93.3 Å². The number of sulfone groups is 1. The highest BCUT2D eigenvalue weighted by molar-refractivity contribution is 7.92. The summed E-state index contributed by atoms with van der Waals surface area (Å²) in [6.07, 6.45) is 4.87. The second-order valence-electron chi connectivity index (χ2n) is 5.75. The van der Waals surface area contributed by atoms with Gasteiger partial charge in [-0.3, -0.25) is 0 Å². The minimum absolute atomic E-state index is 0.210. The van der Waals surface area contributed by atoms with Crippen molar-refractivity contribution in [1.29, 1.82) is 0 Å². The summed E-state index contributed by atoms with van der Waals surface area (Å²) in [5.41, 5.74) is 5.94. The van der Waals surface area contributed by atoms with Crippen molar-refractivity contribution < 1.29 is 8.42 Å². The van der Waals surface area contributed by atoms with Crippen LogP contribution in [0.4, 0.5) is 0 Å². The molecule has 0 aromatic heterocycles. The van der Waals surface area contributed by atoms with E-state index in [1.165, 1.54) is 0 Å². The fourth-order valence-corrected chi connectivity index (χ4v) is 3.26. The quantitative estimate of drug-likeness (QED) is 0.809. The maximum absolute atomic E-state index is 11.9. The van der Waals surface area contributed by atoms with Crippen molar-refractivity contribution in [3.8, 4) is 0 Å². The van der Waals surface area contributed by atoms with Crippen LogP contribution in [0.3, 0.4) is 0 Å². The van der Waals surface area contributed by atoms with Gasteiger partial charge in [-0.2, -0.15) is 0 Å². The van der Waals surface area contributed by atoms with Gasteiger partial charge < -0.3 is 5.73 Å². The minimum Gasteiger partial charge on any atom is -0.325 e. The van der Waals surface area contributed by atoms with E-state index in [9.17, 15) is 8.42 Å². The van der Waals surface area contributed by atoms with E-state index >= 15 is 0 Å². The van der Waals surface area contributed by atoms with Crippen molar-refractivity contribution in [3.63, 3.8) is 0 Å². The smallest absolute Gasteiger partial charge is 0.155 e. The Morgan fingerprint density at radius 1 is 1.20 bits per heavy atom. The summed E-state index contributed by atoms with van der Waals surface area (Å²) < 4.78 is 23.1. The third kappa shape index (κ3) is 3.18. The minimum atomic E-state index is -3.00. The third-order valence-electron chi connectivity index (χ3n) is 3.40. The maximum atomic E-state index is 11.9. The number of nitrogens with two attached hydrogens (primary N) is 1. The van der Waals surface area contributed by atoms with Gasteiger partial charge in [0, 0.05) is 5.54 Å². The predicted octanol–water partition coefficient (Wildman–Crippen LogP) is 1.86. The van der Waals surface area contributed by atoms with Gasteiger partial charge >= 0.3 is 0 Å². The molecule has 0 amide bonds. The molecule has 15 heavy (non-hydrogen) atoms. The Bertz CT molecular complexity index is 308. The summed E-state index contributed by atoms with van der Waals surface area (Å²) in [4.78, 5) is 0. The number of hydrogen-bond acceptors (Lipinski definition) is 3. The molecule has 0 saturated heterocycles. The molecule has 0 heterocycles. The van der Waals surface area contributed by atoms with E-state index in [2.05, 4.69) is 0 Å². The van der Waals surface area contributed by atoms with E-state index < -0.39 is 14.6 Å². The van der Waals surface area contributed by atoms with Gasteiger partial charge in [-0.25, -0.2) is 8.42 Å². The lowest BCUT2D eigenvalue weighted by Gasteiger charge is -2.26. The number of hydrogen-bond donors (Lipinski definition) is 1. The van der Waals surface area contributed by atoms with Gasteiger partial charge in [0.25, 0.3) is 0 Å². The summed E-state index contributed by atoms with van der Waals surface area (Å²) in [7, 11) is -3.00. The van der Waals surface area contributed by atoms with Gasteiger partial charge in [0.2, 0.25) is 0 Å². The van der Waals surface area contributed by atoms with Gasteiger partial charge in [-0.1, -0.05) is 12.8 Å². The van der Waals surface area contributed by atoms with Crippen molar-refractivity contribution in [2.75, 3.05) is 5.75 Å². The van der Waals surface area contributed by atoms with Crippen LogP contribution in [0.2, 0.25) is 0 Å².